The fourth-order valence-electron chi connectivity index (χ4n) is 12.4. The van der Waals surface area contributed by atoms with Crippen LogP contribution in [0, 0.1) is 0 Å². The van der Waals surface area contributed by atoms with Crippen LogP contribution in [-0.2, 0) is 23.8 Å². The molecule has 1 fully saturated rings. The standard InChI is InChI=1S/C78H147NO10/c1-3-5-7-9-11-13-14-15-16-17-33-37-40-43-46-50-54-58-62-66-74(83)87-67-63-59-55-51-47-44-41-38-35-32-30-28-26-24-22-20-18-19-21-23-25-27-29-31-34-36-39-42-45-49-53-57-61-65-73(82)79-70(71(81)64-60-56-52-48-12-10-8-6-4-2)69-88-78-77(86)76(85)75(84)72(68-80)89-78/h15-16,22,24,60,64,70-72,75-78,80-81,84-86H,3-14,17-21,23,25-59,61-63,65-69H2,1-2H3,(H,79,82)/b16-15-,24-22-,64-60+. The van der Waals surface area contributed by atoms with E-state index in [9.17, 15) is 35.1 Å². The number of ether oxygens (including phenoxy) is 3. The molecule has 7 unspecified atom stereocenters. The molecule has 0 spiro atoms. The first-order valence-electron chi connectivity index (χ1n) is 38.8. The number of hydrogen-bond donors (Lipinski definition) is 6. The Balaban J connectivity index is 1.86. The van der Waals surface area contributed by atoms with E-state index in [1.807, 2.05) is 6.08 Å². The van der Waals surface area contributed by atoms with Crippen LogP contribution in [0.3, 0.4) is 0 Å². The minimum absolute atomic E-state index is 0.0116. The van der Waals surface area contributed by atoms with Crippen molar-refractivity contribution in [3.8, 4) is 0 Å². The van der Waals surface area contributed by atoms with Gasteiger partial charge >= 0.3 is 5.97 Å². The zero-order chi connectivity index (χ0) is 64.4. The predicted octanol–water partition coefficient (Wildman–Crippen LogP) is 20.5. The quantitative estimate of drug-likeness (QED) is 0.0195. The number of carbonyl (C=O) groups excluding carboxylic acids is 2. The molecule has 0 radical (unpaired) electrons. The fourth-order valence-corrected chi connectivity index (χ4v) is 12.4. The third-order valence-corrected chi connectivity index (χ3v) is 18.5. The van der Waals surface area contributed by atoms with Gasteiger partial charge in [0.05, 0.1) is 32.0 Å². The van der Waals surface area contributed by atoms with Crippen molar-refractivity contribution in [1.82, 2.24) is 5.32 Å². The van der Waals surface area contributed by atoms with Crippen LogP contribution in [0.5, 0.6) is 0 Å². The minimum atomic E-state index is -1.57. The molecule has 89 heavy (non-hydrogen) atoms. The molecular weight excluding hydrogens is 1110 g/mol. The Labute approximate surface area is 549 Å². The maximum absolute atomic E-state index is 13.0. The van der Waals surface area contributed by atoms with Crippen LogP contribution in [0.2, 0.25) is 0 Å². The highest BCUT2D eigenvalue weighted by atomic mass is 16.7. The first-order valence-corrected chi connectivity index (χ1v) is 38.8. The van der Waals surface area contributed by atoms with Crippen molar-refractivity contribution in [2.45, 2.75) is 429 Å². The Hall–Kier alpha value is -2.12. The lowest BCUT2D eigenvalue weighted by atomic mass is 9.99. The molecule has 1 saturated heterocycles. The Bertz CT molecular complexity index is 1570. The summed E-state index contributed by atoms with van der Waals surface area (Å²) >= 11 is 0. The summed E-state index contributed by atoms with van der Waals surface area (Å²) in [5.74, 6) is -0.168. The first-order chi connectivity index (χ1) is 43.7. The average molecular weight is 1260 g/mol. The van der Waals surface area contributed by atoms with E-state index in [-0.39, 0.29) is 18.5 Å². The number of carbonyl (C=O) groups is 2. The lowest BCUT2D eigenvalue weighted by Gasteiger charge is -2.40. The zero-order valence-corrected chi connectivity index (χ0v) is 58.4. The largest absolute Gasteiger partial charge is 0.466 e. The van der Waals surface area contributed by atoms with Gasteiger partial charge in [0, 0.05) is 12.8 Å². The zero-order valence-electron chi connectivity index (χ0n) is 58.4. The minimum Gasteiger partial charge on any atom is -0.466 e. The van der Waals surface area contributed by atoms with Gasteiger partial charge in [-0.2, -0.15) is 0 Å². The maximum Gasteiger partial charge on any atom is 0.305 e. The summed E-state index contributed by atoms with van der Waals surface area (Å²) in [5.41, 5.74) is 0. The van der Waals surface area contributed by atoms with Gasteiger partial charge in [0.1, 0.15) is 24.4 Å². The van der Waals surface area contributed by atoms with Crippen LogP contribution in [0.25, 0.3) is 0 Å². The molecule has 7 atom stereocenters. The van der Waals surface area contributed by atoms with Crippen LogP contribution < -0.4 is 5.32 Å². The Morgan fingerprint density at radius 1 is 0.404 bits per heavy atom. The monoisotopic (exact) mass is 1260 g/mol. The van der Waals surface area contributed by atoms with Gasteiger partial charge in [0.15, 0.2) is 6.29 Å². The lowest BCUT2D eigenvalue weighted by Crippen LogP contribution is -2.60. The third kappa shape index (κ3) is 56.0. The van der Waals surface area contributed by atoms with Crippen LogP contribution >= 0.6 is 0 Å². The van der Waals surface area contributed by atoms with Gasteiger partial charge in [-0.1, -0.05) is 326 Å². The number of amides is 1. The van der Waals surface area contributed by atoms with Gasteiger partial charge in [0.2, 0.25) is 5.91 Å². The van der Waals surface area contributed by atoms with Crippen molar-refractivity contribution in [2.75, 3.05) is 19.8 Å². The summed E-state index contributed by atoms with van der Waals surface area (Å²) in [7, 11) is 0. The SMILES string of the molecule is CCCCCCCC/C=C\CCCCCCCCCCCC(=O)OCCCCCCCCCCCCCC/C=C\CCCCCCCCCCCCCCCCCCCC(=O)NC(COC1OC(CO)C(O)C(O)C1O)C(O)/C=C/CCCCCCCCC. The fraction of sp³-hybridized carbons (Fsp3) is 0.897. The third-order valence-electron chi connectivity index (χ3n) is 18.5. The Morgan fingerprint density at radius 2 is 0.719 bits per heavy atom. The Morgan fingerprint density at radius 3 is 1.08 bits per heavy atom. The van der Waals surface area contributed by atoms with E-state index in [2.05, 4.69) is 43.5 Å². The summed E-state index contributed by atoms with van der Waals surface area (Å²) in [6.45, 7) is 4.35. The summed E-state index contributed by atoms with van der Waals surface area (Å²) in [6.07, 6.45) is 77.6. The van der Waals surface area contributed by atoms with Crippen molar-refractivity contribution in [3.05, 3.63) is 36.5 Å². The number of hydrogen-bond acceptors (Lipinski definition) is 10. The van der Waals surface area contributed by atoms with Gasteiger partial charge in [-0.25, -0.2) is 0 Å². The molecule has 11 nitrogen and oxygen atoms in total. The van der Waals surface area contributed by atoms with E-state index in [1.54, 1.807) is 6.08 Å². The van der Waals surface area contributed by atoms with E-state index < -0.39 is 49.5 Å². The highest BCUT2D eigenvalue weighted by Gasteiger charge is 2.44. The maximum atomic E-state index is 13.0. The van der Waals surface area contributed by atoms with Gasteiger partial charge in [-0.05, 0) is 83.5 Å². The molecule has 1 amide bonds. The number of esters is 1. The molecule has 1 aliphatic rings. The molecule has 1 aliphatic heterocycles. The second-order valence-corrected chi connectivity index (χ2v) is 27.1. The van der Waals surface area contributed by atoms with Gasteiger partial charge in [-0.3, -0.25) is 9.59 Å². The van der Waals surface area contributed by atoms with E-state index in [0.29, 0.717) is 19.4 Å². The van der Waals surface area contributed by atoms with Crippen LogP contribution in [0.1, 0.15) is 386 Å². The van der Waals surface area contributed by atoms with Crippen LogP contribution in [0.4, 0.5) is 0 Å². The number of aliphatic hydroxyl groups excluding tert-OH is 5. The number of aliphatic hydroxyl groups is 5. The van der Waals surface area contributed by atoms with E-state index in [1.165, 1.54) is 302 Å². The summed E-state index contributed by atoms with van der Waals surface area (Å²) in [6, 6.07) is -0.806. The Kier molecular flexibility index (Phi) is 64.2. The van der Waals surface area contributed by atoms with E-state index in [0.717, 1.165) is 57.8 Å². The van der Waals surface area contributed by atoms with Gasteiger partial charge in [-0.15, -0.1) is 0 Å². The molecule has 0 aromatic rings. The topological polar surface area (TPSA) is 175 Å². The van der Waals surface area contributed by atoms with E-state index >= 15 is 0 Å². The molecule has 0 aromatic heterocycles. The first kappa shape index (κ1) is 84.9. The molecule has 1 heterocycles. The normalized spacial score (nSPS) is 17.9. The highest BCUT2D eigenvalue weighted by molar-refractivity contribution is 5.76. The van der Waals surface area contributed by atoms with Gasteiger partial charge < -0.3 is 45.1 Å². The van der Waals surface area contributed by atoms with Crippen molar-refractivity contribution < 1.29 is 49.3 Å². The summed E-state index contributed by atoms with van der Waals surface area (Å²) in [5, 5.41) is 54.3. The van der Waals surface area contributed by atoms with Crippen LogP contribution in [0.15, 0.2) is 36.5 Å². The molecule has 1 rings (SSSR count). The van der Waals surface area contributed by atoms with Crippen molar-refractivity contribution >= 4 is 11.9 Å². The number of rotatable bonds is 69. The molecule has 0 saturated carbocycles. The number of allylic oxidation sites excluding steroid dienone is 5. The molecule has 11 heteroatoms. The predicted molar refractivity (Wildman–Crippen MR) is 375 cm³/mol. The molecular formula is C78H147NO10. The summed E-state index contributed by atoms with van der Waals surface area (Å²) in [4.78, 5) is 25.2. The number of nitrogens with one attached hydrogen (secondary N) is 1. The van der Waals surface area contributed by atoms with Crippen molar-refractivity contribution in [1.29, 1.82) is 0 Å². The van der Waals surface area contributed by atoms with E-state index in [4.69, 9.17) is 14.2 Å². The van der Waals surface area contributed by atoms with Gasteiger partial charge in [0.25, 0.3) is 0 Å². The highest BCUT2D eigenvalue weighted by Crippen LogP contribution is 2.24. The second-order valence-electron chi connectivity index (χ2n) is 27.1. The average Bonchev–Trinajstić information content (AvgIpc) is 1.96. The molecule has 0 aromatic carbocycles. The molecule has 0 bridgehead atoms. The smallest absolute Gasteiger partial charge is 0.305 e. The van der Waals surface area contributed by atoms with Crippen molar-refractivity contribution in [2.24, 2.45) is 0 Å². The van der Waals surface area contributed by atoms with Crippen LogP contribution in [-0.4, -0.2) is 100 Å². The summed E-state index contributed by atoms with van der Waals surface area (Å²) < 4.78 is 16.7. The molecule has 6 N–H and O–H groups in total. The second kappa shape index (κ2) is 67.3. The van der Waals surface area contributed by atoms with Crippen molar-refractivity contribution in [3.63, 3.8) is 0 Å². The number of unbranched alkanes of at least 4 members (excludes halogenated alkanes) is 51. The lowest BCUT2D eigenvalue weighted by molar-refractivity contribution is -0.302. The molecule has 524 valence electrons. The molecule has 0 aliphatic carbocycles.